The van der Waals surface area contributed by atoms with Crippen LogP contribution in [0.4, 0.5) is 0 Å². The molecule has 2 nitrogen and oxygen atoms in total. The molecule has 0 radical (unpaired) electrons. The Morgan fingerprint density at radius 1 is 1.21 bits per heavy atom. The van der Waals surface area contributed by atoms with Gasteiger partial charge < -0.3 is 9.47 Å². The maximum Gasteiger partial charge on any atom is 0.125 e. The third-order valence-corrected chi connectivity index (χ3v) is 2.86. The first-order valence-electron chi connectivity index (χ1n) is 4.94. The molecular formula is C12H16O2. The molecule has 2 rings (SSSR count). The van der Waals surface area contributed by atoms with Gasteiger partial charge in [0.25, 0.3) is 0 Å². The van der Waals surface area contributed by atoms with Crippen molar-refractivity contribution in [2.75, 3.05) is 7.11 Å². The van der Waals surface area contributed by atoms with Crippen molar-refractivity contribution in [2.45, 2.75) is 33.0 Å². The van der Waals surface area contributed by atoms with E-state index in [1.54, 1.807) is 7.11 Å². The minimum atomic E-state index is 0.240. The number of aryl methyl sites for hydroxylation is 2. The molecule has 14 heavy (non-hydrogen) atoms. The standard InChI is InChI=1S/C12H16O2/c1-7-5-10(12-9(3)14-12)11(13-4)6-8(7)2/h5-6,9,12H,1-4H3. The molecule has 0 amide bonds. The van der Waals surface area contributed by atoms with Gasteiger partial charge in [-0.15, -0.1) is 0 Å². The number of hydrogen-bond acceptors (Lipinski definition) is 2. The van der Waals surface area contributed by atoms with Crippen LogP contribution >= 0.6 is 0 Å². The number of benzene rings is 1. The Hall–Kier alpha value is -1.02. The van der Waals surface area contributed by atoms with Gasteiger partial charge in [0.2, 0.25) is 0 Å². The Kier molecular flexibility index (Phi) is 2.23. The van der Waals surface area contributed by atoms with Gasteiger partial charge >= 0.3 is 0 Å². The predicted octanol–water partition coefficient (Wildman–Crippen LogP) is 2.77. The molecule has 1 aliphatic rings. The van der Waals surface area contributed by atoms with Crippen molar-refractivity contribution in [3.8, 4) is 5.75 Å². The zero-order valence-electron chi connectivity index (χ0n) is 9.13. The van der Waals surface area contributed by atoms with Crippen LogP contribution in [-0.2, 0) is 4.74 Å². The summed E-state index contributed by atoms with van der Waals surface area (Å²) in [5.74, 6) is 0.947. The van der Waals surface area contributed by atoms with E-state index in [2.05, 4.69) is 32.9 Å². The second kappa shape index (κ2) is 3.28. The zero-order chi connectivity index (χ0) is 10.3. The highest BCUT2D eigenvalue weighted by Gasteiger charge is 2.37. The van der Waals surface area contributed by atoms with E-state index in [1.165, 1.54) is 16.7 Å². The molecule has 1 heterocycles. The summed E-state index contributed by atoms with van der Waals surface area (Å²) in [6.07, 6.45) is 0.579. The Bertz CT molecular complexity index is 358. The van der Waals surface area contributed by atoms with Gasteiger partial charge in [-0.2, -0.15) is 0 Å². The maximum absolute atomic E-state index is 5.46. The summed E-state index contributed by atoms with van der Waals surface area (Å²) >= 11 is 0. The molecule has 1 aromatic carbocycles. The van der Waals surface area contributed by atoms with E-state index in [4.69, 9.17) is 9.47 Å². The van der Waals surface area contributed by atoms with Crippen LogP contribution in [0.25, 0.3) is 0 Å². The number of hydrogen-bond donors (Lipinski definition) is 0. The van der Waals surface area contributed by atoms with Crippen molar-refractivity contribution in [1.82, 2.24) is 0 Å². The van der Waals surface area contributed by atoms with Crippen LogP contribution in [-0.4, -0.2) is 13.2 Å². The molecule has 1 aromatic rings. The van der Waals surface area contributed by atoms with Crippen LogP contribution in [0.2, 0.25) is 0 Å². The van der Waals surface area contributed by atoms with Crippen LogP contribution in [0.3, 0.4) is 0 Å². The summed E-state index contributed by atoms with van der Waals surface area (Å²) in [6, 6.07) is 4.25. The van der Waals surface area contributed by atoms with Crippen molar-refractivity contribution < 1.29 is 9.47 Å². The van der Waals surface area contributed by atoms with Crippen LogP contribution < -0.4 is 4.74 Å². The molecule has 0 saturated carbocycles. The summed E-state index contributed by atoms with van der Waals surface area (Å²) in [5.41, 5.74) is 3.74. The second-order valence-corrected chi connectivity index (χ2v) is 3.94. The molecule has 2 unspecified atom stereocenters. The zero-order valence-corrected chi connectivity index (χ0v) is 9.13. The molecule has 0 spiro atoms. The third-order valence-electron chi connectivity index (χ3n) is 2.86. The fraction of sp³-hybridized carbons (Fsp3) is 0.500. The normalized spacial score (nSPS) is 24.9. The first-order valence-corrected chi connectivity index (χ1v) is 4.94. The lowest BCUT2D eigenvalue weighted by atomic mass is 10.0. The van der Waals surface area contributed by atoms with Crippen molar-refractivity contribution in [3.05, 3.63) is 28.8 Å². The van der Waals surface area contributed by atoms with Gasteiger partial charge in [-0.25, -0.2) is 0 Å². The van der Waals surface area contributed by atoms with Gasteiger partial charge in [0.05, 0.1) is 13.2 Å². The molecular weight excluding hydrogens is 176 g/mol. The SMILES string of the molecule is COc1cc(C)c(C)cc1C1OC1C. The molecule has 1 fully saturated rings. The summed E-state index contributed by atoms with van der Waals surface area (Å²) < 4.78 is 10.8. The highest BCUT2D eigenvalue weighted by atomic mass is 16.6. The quantitative estimate of drug-likeness (QED) is 0.672. The van der Waals surface area contributed by atoms with E-state index in [1.807, 2.05) is 0 Å². The molecule has 0 aromatic heterocycles. The molecule has 0 bridgehead atoms. The van der Waals surface area contributed by atoms with Gasteiger partial charge in [0.15, 0.2) is 0 Å². The Balaban J connectivity index is 2.42. The lowest BCUT2D eigenvalue weighted by molar-refractivity contribution is 0.368. The molecule has 0 aliphatic carbocycles. The molecule has 2 atom stereocenters. The summed E-state index contributed by atoms with van der Waals surface area (Å²) in [4.78, 5) is 0. The van der Waals surface area contributed by atoms with Gasteiger partial charge in [-0.3, -0.25) is 0 Å². The highest BCUT2D eigenvalue weighted by molar-refractivity contribution is 5.44. The van der Waals surface area contributed by atoms with Crippen molar-refractivity contribution >= 4 is 0 Å². The molecule has 1 aliphatic heterocycles. The number of ether oxygens (including phenoxy) is 2. The Labute approximate surface area is 84.8 Å². The number of epoxide rings is 1. The first-order chi connectivity index (χ1) is 6.63. The largest absolute Gasteiger partial charge is 0.496 e. The van der Waals surface area contributed by atoms with Crippen molar-refractivity contribution in [1.29, 1.82) is 0 Å². The number of rotatable bonds is 2. The van der Waals surface area contributed by atoms with Crippen LogP contribution in [0.5, 0.6) is 5.75 Å². The van der Waals surface area contributed by atoms with Gasteiger partial charge in [-0.1, -0.05) is 0 Å². The molecule has 1 saturated heterocycles. The average molecular weight is 192 g/mol. The monoisotopic (exact) mass is 192 g/mol. The molecule has 0 N–H and O–H groups in total. The van der Waals surface area contributed by atoms with Gasteiger partial charge in [-0.05, 0) is 44.0 Å². The van der Waals surface area contributed by atoms with Gasteiger partial charge in [0.1, 0.15) is 11.9 Å². The maximum atomic E-state index is 5.46. The van der Waals surface area contributed by atoms with E-state index in [-0.39, 0.29) is 6.10 Å². The van der Waals surface area contributed by atoms with E-state index >= 15 is 0 Å². The topological polar surface area (TPSA) is 21.8 Å². The van der Waals surface area contributed by atoms with Crippen LogP contribution in [0, 0.1) is 13.8 Å². The van der Waals surface area contributed by atoms with E-state index in [9.17, 15) is 0 Å². The van der Waals surface area contributed by atoms with Gasteiger partial charge in [0, 0.05) is 5.56 Å². The lowest BCUT2D eigenvalue weighted by Gasteiger charge is -2.09. The number of methoxy groups -OCH3 is 1. The summed E-state index contributed by atoms with van der Waals surface area (Å²) in [7, 11) is 1.71. The minimum absolute atomic E-state index is 0.240. The van der Waals surface area contributed by atoms with Crippen molar-refractivity contribution in [2.24, 2.45) is 0 Å². The smallest absolute Gasteiger partial charge is 0.125 e. The molecule has 2 heteroatoms. The van der Waals surface area contributed by atoms with E-state index in [0.29, 0.717) is 6.10 Å². The van der Waals surface area contributed by atoms with Crippen molar-refractivity contribution in [3.63, 3.8) is 0 Å². The fourth-order valence-corrected chi connectivity index (χ4v) is 1.72. The summed E-state index contributed by atoms with van der Waals surface area (Å²) in [5, 5.41) is 0. The third kappa shape index (κ3) is 1.50. The van der Waals surface area contributed by atoms with E-state index < -0.39 is 0 Å². The first kappa shape index (κ1) is 9.53. The predicted molar refractivity (Wildman–Crippen MR) is 55.8 cm³/mol. The second-order valence-electron chi connectivity index (χ2n) is 3.94. The van der Waals surface area contributed by atoms with Crippen LogP contribution in [0.15, 0.2) is 12.1 Å². The lowest BCUT2D eigenvalue weighted by Crippen LogP contribution is -1.95. The minimum Gasteiger partial charge on any atom is -0.496 e. The summed E-state index contributed by atoms with van der Waals surface area (Å²) in [6.45, 7) is 6.30. The van der Waals surface area contributed by atoms with Crippen LogP contribution in [0.1, 0.15) is 29.7 Å². The Morgan fingerprint density at radius 2 is 1.79 bits per heavy atom. The highest BCUT2D eigenvalue weighted by Crippen LogP contribution is 2.43. The fourth-order valence-electron chi connectivity index (χ4n) is 1.72. The van der Waals surface area contributed by atoms with E-state index in [0.717, 1.165) is 5.75 Å². The Morgan fingerprint density at radius 3 is 2.29 bits per heavy atom. The average Bonchev–Trinajstić information content (AvgIpc) is 2.87. The molecule has 76 valence electrons.